The number of ether oxygens (including phenoxy) is 1. The van der Waals surface area contributed by atoms with Gasteiger partial charge in [0.15, 0.2) is 5.75 Å². The minimum atomic E-state index is -0.602. The van der Waals surface area contributed by atoms with Crippen LogP contribution in [0.4, 0.5) is 22.7 Å². The van der Waals surface area contributed by atoms with E-state index in [0.717, 1.165) is 11.3 Å². The highest BCUT2D eigenvalue weighted by atomic mass is 35.5. The Bertz CT molecular complexity index is 1760. The van der Waals surface area contributed by atoms with Gasteiger partial charge in [-0.1, -0.05) is 66.2 Å². The number of phenols is 1. The highest BCUT2D eigenvalue weighted by Crippen LogP contribution is 2.41. The molecule has 0 aliphatic heterocycles. The number of para-hydroxylation sites is 1. The van der Waals surface area contributed by atoms with E-state index >= 15 is 0 Å². The predicted molar refractivity (Wildman–Crippen MR) is 163 cm³/mol. The molecule has 5 aromatic rings. The Kier molecular flexibility index (Phi) is 8.93. The topological polar surface area (TPSA) is 125 Å². The molecule has 5 rings (SSSR count). The lowest BCUT2D eigenvalue weighted by Crippen LogP contribution is -2.13. The van der Waals surface area contributed by atoms with Crippen molar-refractivity contribution in [1.29, 1.82) is 0 Å². The van der Waals surface area contributed by atoms with Crippen molar-refractivity contribution in [2.75, 3.05) is 17.9 Å². The average Bonchev–Trinajstić information content (AvgIpc) is 3.01. The molecular weight excluding hydrogens is 556 g/mol. The van der Waals surface area contributed by atoms with Gasteiger partial charge < -0.3 is 20.3 Å². The van der Waals surface area contributed by atoms with Crippen LogP contribution in [0.2, 0.25) is 5.02 Å². The first-order chi connectivity index (χ1) is 20.5. The monoisotopic (exact) mass is 582 g/mol. The van der Waals surface area contributed by atoms with E-state index in [0.29, 0.717) is 38.5 Å². The molecule has 0 saturated heterocycles. The number of aromatic hydroxyl groups is 1. The van der Waals surface area contributed by atoms with Gasteiger partial charge in [-0.2, -0.15) is 0 Å². The predicted octanol–water partition coefficient (Wildman–Crippen LogP) is 7.91. The lowest BCUT2D eigenvalue weighted by Gasteiger charge is -2.13. The lowest BCUT2D eigenvalue weighted by atomic mass is 10.0. The van der Waals surface area contributed by atoms with E-state index in [1.54, 1.807) is 48.5 Å². The standard InChI is InChI=1S/C32H27ClN4O5/c1-41-29-14-11-20(19-42-37-24-8-3-2-4-9-24)15-28(29)35-36-30-25-10-6-5-7-21(25)16-26(31(30)39)32(40)34-27-17-23(33)13-12-22(27)18-38/h2-17,37-39H,18-19H2,1H3,(H,34,40)/b36-35+. The molecule has 0 aliphatic rings. The van der Waals surface area contributed by atoms with Gasteiger partial charge in [-0.15, -0.1) is 10.2 Å². The van der Waals surface area contributed by atoms with Gasteiger partial charge >= 0.3 is 0 Å². The fourth-order valence-corrected chi connectivity index (χ4v) is 4.47. The number of halogens is 1. The lowest BCUT2D eigenvalue weighted by molar-refractivity contribution is 0.102. The number of azo groups is 1. The maximum atomic E-state index is 13.3. The number of carbonyl (C=O) groups is 1. The second-order valence-electron chi connectivity index (χ2n) is 9.22. The Hall–Kier alpha value is -4.96. The molecule has 42 heavy (non-hydrogen) atoms. The number of fused-ring (bicyclic) bond motifs is 1. The van der Waals surface area contributed by atoms with Crippen molar-refractivity contribution in [2.24, 2.45) is 10.2 Å². The number of hydrogen-bond acceptors (Lipinski definition) is 8. The first-order valence-corrected chi connectivity index (χ1v) is 13.3. The van der Waals surface area contributed by atoms with Gasteiger partial charge in [-0.3, -0.25) is 15.1 Å². The molecule has 0 aromatic heterocycles. The summed E-state index contributed by atoms with van der Waals surface area (Å²) in [6.07, 6.45) is 0. The number of rotatable bonds is 10. The van der Waals surface area contributed by atoms with E-state index in [9.17, 15) is 15.0 Å². The zero-order valence-corrected chi connectivity index (χ0v) is 23.3. The number of hydrogen-bond donors (Lipinski definition) is 4. The second kappa shape index (κ2) is 13.1. The molecule has 0 atom stereocenters. The van der Waals surface area contributed by atoms with Gasteiger partial charge in [0, 0.05) is 21.7 Å². The number of nitrogens with zero attached hydrogens (tertiary/aromatic N) is 2. The van der Waals surface area contributed by atoms with Crippen LogP contribution in [-0.2, 0) is 18.1 Å². The summed E-state index contributed by atoms with van der Waals surface area (Å²) in [4.78, 5) is 18.9. The zero-order valence-electron chi connectivity index (χ0n) is 22.5. The second-order valence-corrected chi connectivity index (χ2v) is 9.66. The summed E-state index contributed by atoms with van der Waals surface area (Å²) in [5, 5.41) is 34.1. The molecule has 4 N–H and O–H groups in total. The van der Waals surface area contributed by atoms with Crippen LogP contribution in [0.3, 0.4) is 0 Å². The molecule has 9 nitrogen and oxygen atoms in total. The van der Waals surface area contributed by atoms with E-state index in [2.05, 4.69) is 21.0 Å². The zero-order chi connectivity index (χ0) is 29.5. The van der Waals surface area contributed by atoms with Crippen LogP contribution in [0.25, 0.3) is 10.8 Å². The number of methoxy groups -OCH3 is 1. The summed E-state index contributed by atoms with van der Waals surface area (Å²) in [5.41, 5.74) is 5.82. The highest BCUT2D eigenvalue weighted by molar-refractivity contribution is 6.31. The molecule has 0 saturated carbocycles. The summed E-state index contributed by atoms with van der Waals surface area (Å²) >= 11 is 6.10. The van der Waals surface area contributed by atoms with Crippen LogP contribution in [0.5, 0.6) is 11.5 Å². The third-order valence-electron chi connectivity index (χ3n) is 6.43. The van der Waals surface area contributed by atoms with Crippen LogP contribution in [0.15, 0.2) is 107 Å². The molecule has 0 aliphatic carbocycles. The number of aliphatic hydroxyl groups is 1. The molecule has 0 heterocycles. The van der Waals surface area contributed by atoms with Crippen molar-refractivity contribution >= 4 is 51.0 Å². The number of phenolic OH excluding ortho intramolecular Hbond substituents is 1. The number of amides is 1. The number of anilines is 2. The number of nitrogens with one attached hydrogen (secondary N) is 2. The number of carbonyl (C=O) groups excluding carboxylic acids is 1. The van der Waals surface area contributed by atoms with Gasteiger partial charge in [-0.05, 0) is 53.4 Å². The Labute approximate surface area is 247 Å². The summed E-state index contributed by atoms with van der Waals surface area (Å²) in [6, 6.07) is 28.4. The van der Waals surface area contributed by atoms with E-state index in [-0.39, 0.29) is 30.2 Å². The van der Waals surface area contributed by atoms with Crippen LogP contribution in [0.1, 0.15) is 21.5 Å². The van der Waals surface area contributed by atoms with Crippen molar-refractivity contribution < 1.29 is 24.6 Å². The van der Waals surface area contributed by atoms with Crippen LogP contribution in [0, 0.1) is 0 Å². The normalized spacial score (nSPS) is 11.1. The van der Waals surface area contributed by atoms with Gasteiger partial charge in [0.25, 0.3) is 5.91 Å². The molecule has 0 unspecified atom stereocenters. The average molecular weight is 583 g/mol. The third-order valence-corrected chi connectivity index (χ3v) is 6.67. The van der Waals surface area contributed by atoms with E-state index in [1.165, 1.54) is 13.2 Å². The minimum Gasteiger partial charge on any atom is -0.505 e. The van der Waals surface area contributed by atoms with Crippen molar-refractivity contribution in [2.45, 2.75) is 13.2 Å². The van der Waals surface area contributed by atoms with Crippen LogP contribution >= 0.6 is 11.6 Å². The fourth-order valence-electron chi connectivity index (χ4n) is 4.30. The summed E-state index contributed by atoms with van der Waals surface area (Å²) in [5.74, 6) is -0.490. The van der Waals surface area contributed by atoms with E-state index in [4.69, 9.17) is 21.2 Å². The molecular formula is C32H27ClN4O5. The van der Waals surface area contributed by atoms with Crippen molar-refractivity contribution in [1.82, 2.24) is 0 Å². The van der Waals surface area contributed by atoms with E-state index in [1.807, 2.05) is 42.5 Å². The summed E-state index contributed by atoms with van der Waals surface area (Å²) in [6.45, 7) is -0.0607. The first kappa shape index (κ1) is 28.6. The fraction of sp³-hybridized carbons (Fsp3) is 0.0938. The molecule has 0 spiro atoms. The Balaban J connectivity index is 1.46. The van der Waals surface area contributed by atoms with Gasteiger partial charge in [0.2, 0.25) is 0 Å². The molecule has 0 radical (unpaired) electrons. The number of aliphatic hydroxyl groups excluding tert-OH is 1. The molecule has 0 bridgehead atoms. The molecule has 0 fully saturated rings. The molecule has 10 heteroatoms. The number of benzene rings is 5. The SMILES string of the molecule is COc1ccc(CONc2ccccc2)cc1/N=N/c1c(O)c(C(=O)Nc2cc(Cl)ccc2CO)cc2ccccc12. The quantitative estimate of drug-likeness (QED) is 0.0979. The maximum Gasteiger partial charge on any atom is 0.259 e. The van der Waals surface area contributed by atoms with Gasteiger partial charge in [0.05, 0.1) is 31.6 Å². The smallest absolute Gasteiger partial charge is 0.259 e. The van der Waals surface area contributed by atoms with Crippen molar-refractivity contribution in [3.63, 3.8) is 0 Å². The van der Waals surface area contributed by atoms with Crippen LogP contribution < -0.4 is 15.5 Å². The summed E-state index contributed by atoms with van der Waals surface area (Å²) < 4.78 is 5.47. The Morgan fingerprint density at radius 1 is 0.929 bits per heavy atom. The van der Waals surface area contributed by atoms with E-state index < -0.39 is 5.91 Å². The Morgan fingerprint density at radius 2 is 1.71 bits per heavy atom. The molecule has 5 aromatic carbocycles. The van der Waals surface area contributed by atoms with Gasteiger partial charge in [0.1, 0.15) is 17.1 Å². The minimum absolute atomic E-state index is 0.0207. The van der Waals surface area contributed by atoms with Crippen molar-refractivity contribution in [3.8, 4) is 11.5 Å². The highest BCUT2D eigenvalue weighted by Gasteiger charge is 2.20. The Morgan fingerprint density at radius 3 is 2.50 bits per heavy atom. The molecule has 1 amide bonds. The largest absolute Gasteiger partial charge is 0.505 e. The van der Waals surface area contributed by atoms with Crippen LogP contribution in [-0.4, -0.2) is 23.2 Å². The molecule has 212 valence electrons. The van der Waals surface area contributed by atoms with Crippen molar-refractivity contribution in [3.05, 3.63) is 119 Å². The first-order valence-electron chi connectivity index (χ1n) is 12.9. The third kappa shape index (κ3) is 6.50. The van der Waals surface area contributed by atoms with Gasteiger partial charge in [-0.25, -0.2) is 0 Å². The summed E-state index contributed by atoms with van der Waals surface area (Å²) in [7, 11) is 1.52. The maximum absolute atomic E-state index is 13.3.